The minimum Gasteiger partial charge on any atom is -0.509 e. The molecule has 0 atom stereocenters. The number of aromatic nitrogens is 2. The van der Waals surface area contributed by atoms with Crippen LogP contribution in [0.3, 0.4) is 0 Å². The Morgan fingerprint density at radius 1 is 0.562 bits per heavy atom. The van der Waals surface area contributed by atoms with Crippen molar-refractivity contribution in [3.8, 4) is 39.6 Å². The first-order valence-electron chi connectivity index (χ1n) is 21.2. The Morgan fingerprint density at radius 3 is 1.81 bits per heavy atom. The van der Waals surface area contributed by atoms with Crippen molar-refractivity contribution >= 4 is 44.6 Å². The van der Waals surface area contributed by atoms with Crippen LogP contribution in [0.25, 0.3) is 49.9 Å². The summed E-state index contributed by atoms with van der Waals surface area (Å²) in [5.74, 6) is 1.30. The zero-order chi connectivity index (χ0) is 43.6. The van der Waals surface area contributed by atoms with Gasteiger partial charge in [-0.05, 0) is 87.5 Å². The second-order valence-corrected chi connectivity index (χ2v) is 18.1. The summed E-state index contributed by atoms with van der Waals surface area (Å²) in [6.45, 7) is 15.3. The van der Waals surface area contributed by atoms with Gasteiger partial charge in [-0.3, -0.25) is 0 Å². The van der Waals surface area contributed by atoms with Gasteiger partial charge in [-0.1, -0.05) is 120 Å². The molecule has 322 valence electrons. The molecule has 7 aromatic carbocycles. The van der Waals surface area contributed by atoms with E-state index in [1.165, 1.54) is 29.8 Å². The largest absolute Gasteiger partial charge is 0.509 e. The summed E-state index contributed by atoms with van der Waals surface area (Å²) in [6.07, 6.45) is 1.88. The third kappa shape index (κ3) is 7.88. The number of para-hydroxylation sites is 4. The van der Waals surface area contributed by atoms with E-state index in [2.05, 4.69) is 141 Å². The van der Waals surface area contributed by atoms with Crippen molar-refractivity contribution in [3.05, 3.63) is 199 Å². The van der Waals surface area contributed by atoms with Crippen molar-refractivity contribution < 1.29 is 34.6 Å². The predicted octanol–water partition coefficient (Wildman–Crippen LogP) is 15.2. The number of nitrogens with zero attached hydrogens (tertiary/aromatic N) is 4. The molecule has 9 aromatic rings. The van der Waals surface area contributed by atoms with Crippen LogP contribution >= 0.6 is 0 Å². The van der Waals surface area contributed by atoms with E-state index in [0.717, 1.165) is 78.2 Å². The Labute approximate surface area is 387 Å². The Kier molecular flexibility index (Phi) is 11.0. The molecule has 3 heterocycles. The Morgan fingerprint density at radius 2 is 1.17 bits per heavy atom. The van der Waals surface area contributed by atoms with Crippen LogP contribution in [0.15, 0.2) is 158 Å². The molecular weight excluding hydrogens is 978 g/mol. The van der Waals surface area contributed by atoms with Crippen molar-refractivity contribution in [3.63, 3.8) is 0 Å². The van der Waals surface area contributed by atoms with Gasteiger partial charge < -0.3 is 19.1 Å². The van der Waals surface area contributed by atoms with Gasteiger partial charge in [0.15, 0.2) is 0 Å². The molecular formula is C56H45F2N4OPt-3. The smallest absolute Gasteiger partial charge is 0.135 e. The van der Waals surface area contributed by atoms with Crippen LogP contribution in [0.2, 0.25) is 0 Å². The summed E-state index contributed by atoms with van der Waals surface area (Å²) in [6, 6.07) is 55.5. The van der Waals surface area contributed by atoms with E-state index >= 15 is 0 Å². The zero-order valence-corrected chi connectivity index (χ0v) is 38.6. The molecule has 0 aliphatic carbocycles. The molecule has 2 aromatic heterocycles. The quantitative estimate of drug-likeness (QED) is 0.149. The van der Waals surface area contributed by atoms with Crippen LogP contribution in [0.5, 0.6) is 11.5 Å². The van der Waals surface area contributed by atoms with E-state index in [4.69, 9.17) is 9.72 Å². The SMILES string of the molecule is CC(C)(C)c1cc(Oc2[c-]c3c(cc2)c2ccccc2n3-c2cc(C(C)(C)C)ccn2)[c-]c(N2[CH-]N(c3c(-c4ccc(F)cc4)cccc3-c3ccc(F)cc3)c3ccccc32)c1.[Pt]. The molecule has 0 radical (unpaired) electrons. The standard InChI is InChI=1S/C56H45F2N4O.Pt/c1-55(2,3)38-28-29-59-53(32-38)62-49-15-8-7-12-47(49)48-27-26-43(34-52(48)62)63-44-31-39(56(4,5)6)30-42(33-44)60-35-61(51-17-10-9-16-50(51)60)54-45(36-18-22-40(57)23-19-36)13-11-14-46(54)37-20-24-41(58)25-21-37;/h7-32,35H,1-6H3;/q-3;. The fourth-order valence-electron chi connectivity index (χ4n) is 8.45. The monoisotopic (exact) mass is 1020 g/mol. The summed E-state index contributed by atoms with van der Waals surface area (Å²) in [5, 5.41) is 2.16. The van der Waals surface area contributed by atoms with E-state index in [9.17, 15) is 8.78 Å². The minimum atomic E-state index is -0.311. The topological polar surface area (TPSA) is 33.5 Å². The van der Waals surface area contributed by atoms with Crippen molar-refractivity contribution in [2.24, 2.45) is 0 Å². The van der Waals surface area contributed by atoms with E-state index in [-0.39, 0.29) is 43.5 Å². The fourth-order valence-corrected chi connectivity index (χ4v) is 8.45. The molecule has 5 nitrogen and oxygen atoms in total. The molecule has 64 heavy (non-hydrogen) atoms. The van der Waals surface area contributed by atoms with Crippen molar-refractivity contribution in [1.82, 2.24) is 9.55 Å². The molecule has 0 fully saturated rings. The van der Waals surface area contributed by atoms with Crippen molar-refractivity contribution in [2.45, 2.75) is 52.4 Å². The van der Waals surface area contributed by atoms with Gasteiger partial charge >= 0.3 is 0 Å². The summed E-state index contributed by atoms with van der Waals surface area (Å²) in [7, 11) is 0. The second-order valence-electron chi connectivity index (χ2n) is 18.1. The zero-order valence-electron chi connectivity index (χ0n) is 36.4. The van der Waals surface area contributed by atoms with Gasteiger partial charge in [0.1, 0.15) is 17.5 Å². The molecule has 1 aliphatic rings. The number of ether oxygens (including phenoxy) is 1. The Bertz CT molecular complexity index is 3120. The van der Waals surface area contributed by atoms with E-state index in [1.807, 2.05) is 42.6 Å². The molecule has 0 spiro atoms. The molecule has 0 saturated heterocycles. The van der Waals surface area contributed by atoms with E-state index in [0.29, 0.717) is 11.5 Å². The van der Waals surface area contributed by atoms with Crippen LogP contribution in [0, 0.1) is 30.4 Å². The second kappa shape index (κ2) is 16.5. The summed E-state index contributed by atoms with van der Waals surface area (Å²) in [4.78, 5) is 9.15. The number of hydrogen-bond acceptors (Lipinski definition) is 4. The van der Waals surface area contributed by atoms with Gasteiger partial charge in [0.25, 0.3) is 0 Å². The van der Waals surface area contributed by atoms with Crippen LogP contribution in [0.1, 0.15) is 52.7 Å². The number of rotatable bonds is 7. The van der Waals surface area contributed by atoms with Gasteiger partial charge in [0, 0.05) is 72.5 Å². The van der Waals surface area contributed by atoms with Crippen LogP contribution < -0.4 is 14.5 Å². The number of pyridine rings is 1. The van der Waals surface area contributed by atoms with Crippen LogP contribution in [-0.4, -0.2) is 9.55 Å². The molecule has 0 amide bonds. The molecule has 0 N–H and O–H groups in total. The van der Waals surface area contributed by atoms with Gasteiger partial charge in [-0.25, -0.2) is 13.8 Å². The third-order valence-electron chi connectivity index (χ3n) is 11.8. The maximum Gasteiger partial charge on any atom is 0.135 e. The van der Waals surface area contributed by atoms with Gasteiger partial charge in [0.2, 0.25) is 0 Å². The molecule has 0 saturated carbocycles. The van der Waals surface area contributed by atoms with Gasteiger partial charge in [-0.2, -0.15) is 6.07 Å². The number of anilines is 4. The van der Waals surface area contributed by atoms with E-state index < -0.39 is 0 Å². The number of benzene rings is 7. The van der Waals surface area contributed by atoms with E-state index in [1.54, 1.807) is 24.3 Å². The number of hydrogen-bond donors (Lipinski definition) is 0. The number of halogens is 2. The molecule has 1 aliphatic heterocycles. The van der Waals surface area contributed by atoms with Crippen molar-refractivity contribution in [2.75, 3.05) is 9.80 Å². The summed E-state index contributed by atoms with van der Waals surface area (Å²) < 4.78 is 37.5. The van der Waals surface area contributed by atoms with Crippen molar-refractivity contribution in [1.29, 1.82) is 0 Å². The molecule has 0 bridgehead atoms. The first kappa shape index (κ1) is 42.7. The first-order chi connectivity index (χ1) is 30.3. The molecule has 0 unspecified atom stereocenters. The minimum absolute atomic E-state index is 0. The molecule has 10 rings (SSSR count). The van der Waals surface area contributed by atoms with Gasteiger partial charge in [-0.15, -0.1) is 53.6 Å². The Hall–Kier alpha value is -6.56. The third-order valence-corrected chi connectivity index (χ3v) is 11.8. The first-order valence-corrected chi connectivity index (χ1v) is 21.2. The average Bonchev–Trinajstić information content (AvgIpc) is 3.82. The maximum absolute atomic E-state index is 14.3. The molecule has 8 heteroatoms. The van der Waals surface area contributed by atoms with Gasteiger partial charge in [0.05, 0.1) is 0 Å². The fraction of sp³-hybridized carbons (Fsp3) is 0.143. The summed E-state index contributed by atoms with van der Waals surface area (Å²) in [5.41, 5.74) is 10.9. The predicted molar refractivity (Wildman–Crippen MR) is 252 cm³/mol. The number of fused-ring (bicyclic) bond motifs is 4. The van der Waals surface area contributed by atoms with Crippen LogP contribution in [-0.2, 0) is 31.9 Å². The normalized spacial score (nSPS) is 12.8. The maximum atomic E-state index is 14.3. The van der Waals surface area contributed by atoms with Crippen LogP contribution in [0.4, 0.5) is 31.5 Å². The average molecular weight is 1020 g/mol. The summed E-state index contributed by atoms with van der Waals surface area (Å²) >= 11 is 0. The Balaban J connectivity index is 0.00000518.